The van der Waals surface area contributed by atoms with Crippen LogP contribution in [0.2, 0.25) is 0 Å². The number of fused-ring (bicyclic) bond motifs is 2. The first-order valence-electron chi connectivity index (χ1n) is 9.70. The predicted octanol–water partition coefficient (Wildman–Crippen LogP) is 1.32. The maximum absolute atomic E-state index is 13.0. The molecule has 3 heterocycles. The third kappa shape index (κ3) is 3.36. The number of carbonyl (C=O) groups is 1. The number of aromatic nitrogens is 2. The van der Waals surface area contributed by atoms with Crippen LogP contribution in [0.3, 0.4) is 0 Å². The summed E-state index contributed by atoms with van der Waals surface area (Å²) in [6.07, 6.45) is 8.31. The van der Waals surface area contributed by atoms with Crippen molar-refractivity contribution in [1.82, 2.24) is 19.6 Å². The van der Waals surface area contributed by atoms with Crippen molar-refractivity contribution in [2.75, 3.05) is 19.6 Å². The number of likely N-dealkylation sites (tertiary alicyclic amines) is 1. The van der Waals surface area contributed by atoms with Gasteiger partial charge in [0.25, 0.3) is 5.56 Å². The molecule has 1 saturated heterocycles. The Kier molecular flexibility index (Phi) is 4.63. The van der Waals surface area contributed by atoms with Crippen molar-refractivity contribution in [3.8, 4) is 0 Å². The molecule has 25 heavy (non-hydrogen) atoms. The monoisotopic (exact) mass is 344 g/mol. The van der Waals surface area contributed by atoms with Crippen molar-refractivity contribution >= 4 is 5.91 Å². The molecule has 0 aromatic carbocycles. The average Bonchev–Trinajstić information content (AvgIpc) is 2.62. The van der Waals surface area contributed by atoms with Gasteiger partial charge in [-0.2, -0.15) is 5.10 Å². The summed E-state index contributed by atoms with van der Waals surface area (Å²) in [6, 6.07) is 2.15. The first kappa shape index (κ1) is 16.8. The highest BCUT2D eigenvalue weighted by molar-refractivity contribution is 5.78. The highest BCUT2D eigenvalue weighted by atomic mass is 16.2. The van der Waals surface area contributed by atoms with E-state index in [9.17, 15) is 9.59 Å². The summed E-state index contributed by atoms with van der Waals surface area (Å²) in [6.45, 7) is 2.89. The zero-order valence-electron chi connectivity index (χ0n) is 15.1. The van der Waals surface area contributed by atoms with Gasteiger partial charge in [0.05, 0.1) is 12.2 Å². The van der Waals surface area contributed by atoms with Crippen molar-refractivity contribution in [2.24, 2.45) is 13.0 Å². The van der Waals surface area contributed by atoms with Crippen molar-refractivity contribution in [3.05, 3.63) is 27.7 Å². The number of hydrogen-bond donors (Lipinski definition) is 0. The van der Waals surface area contributed by atoms with Crippen LogP contribution in [0.4, 0.5) is 0 Å². The molecule has 1 aliphatic carbocycles. The lowest BCUT2D eigenvalue weighted by atomic mass is 9.78. The molecule has 0 unspecified atom stereocenters. The lowest BCUT2D eigenvalue weighted by Crippen LogP contribution is -2.52. The van der Waals surface area contributed by atoms with Crippen LogP contribution in [-0.4, -0.2) is 51.2 Å². The molecule has 1 aromatic rings. The molecule has 2 aliphatic heterocycles. The van der Waals surface area contributed by atoms with E-state index in [2.05, 4.69) is 14.9 Å². The summed E-state index contributed by atoms with van der Waals surface area (Å²) < 4.78 is 1.40. The minimum absolute atomic E-state index is 0.0759. The number of aryl methyl sites for hydroxylation is 1. The zero-order valence-corrected chi connectivity index (χ0v) is 15.1. The highest BCUT2D eigenvalue weighted by Gasteiger charge is 2.36. The summed E-state index contributed by atoms with van der Waals surface area (Å²) in [5.74, 6) is 0.998. The van der Waals surface area contributed by atoms with Crippen molar-refractivity contribution in [1.29, 1.82) is 0 Å². The van der Waals surface area contributed by atoms with Gasteiger partial charge in [0.2, 0.25) is 5.91 Å². The van der Waals surface area contributed by atoms with Crippen LogP contribution < -0.4 is 5.56 Å². The molecule has 1 amide bonds. The Bertz CT molecular complexity index is 712. The zero-order chi connectivity index (χ0) is 17.4. The van der Waals surface area contributed by atoms with Crippen LogP contribution in [0.1, 0.15) is 49.8 Å². The van der Waals surface area contributed by atoms with Crippen LogP contribution in [-0.2, 0) is 24.8 Å². The average molecular weight is 344 g/mol. The molecule has 3 aliphatic rings. The van der Waals surface area contributed by atoms with E-state index in [0.29, 0.717) is 19.1 Å². The fourth-order valence-corrected chi connectivity index (χ4v) is 4.90. The van der Waals surface area contributed by atoms with Gasteiger partial charge in [0, 0.05) is 45.2 Å². The lowest BCUT2D eigenvalue weighted by molar-refractivity contribution is -0.139. The Morgan fingerprint density at radius 3 is 2.88 bits per heavy atom. The van der Waals surface area contributed by atoms with Gasteiger partial charge in [-0.1, -0.05) is 12.8 Å². The van der Waals surface area contributed by atoms with Crippen LogP contribution >= 0.6 is 0 Å². The second-order valence-corrected chi connectivity index (χ2v) is 7.88. The Balaban J connectivity index is 1.42. The van der Waals surface area contributed by atoms with Crippen molar-refractivity contribution < 1.29 is 4.79 Å². The second kappa shape index (κ2) is 6.90. The fraction of sp³-hybridized carbons (Fsp3) is 0.737. The topological polar surface area (TPSA) is 58.4 Å². The maximum atomic E-state index is 13.0. The summed E-state index contributed by atoms with van der Waals surface area (Å²) >= 11 is 0. The quantitative estimate of drug-likeness (QED) is 0.812. The smallest absolute Gasteiger partial charge is 0.266 e. The standard InChI is InChI=1S/C19H28N4O2/c1-21-18(24)11-15-12-22(10-8-16(15)20-21)13-19(25)23-9-4-6-14-5-2-3-7-17(14)23/h11,14,17H,2-10,12-13H2,1H3/t14-,17+/m1/s1. The Labute approximate surface area is 148 Å². The highest BCUT2D eigenvalue weighted by Crippen LogP contribution is 2.35. The van der Waals surface area contributed by atoms with Crippen LogP contribution in [0, 0.1) is 5.92 Å². The van der Waals surface area contributed by atoms with E-state index in [4.69, 9.17) is 0 Å². The van der Waals surface area contributed by atoms with E-state index >= 15 is 0 Å². The predicted molar refractivity (Wildman–Crippen MR) is 95.2 cm³/mol. The first-order valence-corrected chi connectivity index (χ1v) is 9.70. The lowest BCUT2D eigenvalue weighted by Gasteiger charge is -2.44. The molecule has 0 radical (unpaired) electrons. The largest absolute Gasteiger partial charge is 0.338 e. The van der Waals surface area contributed by atoms with Crippen LogP contribution in [0.15, 0.2) is 10.9 Å². The SMILES string of the molecule is Cn1nc2c(cc1=O)CN(CC(=O)N1CCC[C@H]3CCCC[C@@H]31)CC2. The molecule has 6 heteroatoms. The van der Waals surface area contributed by atoms with E-state index in [1.807, 2.05) is 0 Å². The number of piperidine rings is 1. The normalized spacial score (nSPS) is 26.8. The van der Waals surface area contributed by atoms with E-state index < -0.39 is 0 Å². The van der Waals surface area contributed by atoms with E-state index in [1.165, 1.54) is 36.8 Å². The Morgan fingerprint density at radius 1 is 1.20 bits per heavy atom. The molecule has 1 aromatic heterocycles. The first-order chi connectivity index (χ1) is 12.1. The summed E-state index contributed by atoms with van der Waals surface area (Å²) in [4.78, 5) is 29.1. The Morgan fingerprint density at radius 2 is 2.00 bits per heavy atom. The maximum Gasteiger partial charge on any atom is 0.266 e. The number of amides is 1. The van der Waals surface area contributed by atoms with Crippen molar-refractivity contribution in [2.45, 2.75) is 57.5 Å². The third-order valence-corrected chi connectivity index (χ3v) is 6.24. The van der Waals surface area contributed by atoms with Gasteiger partial charge in [0.1, 0.15) is 0 Å². The molecule has 6 nitrogen and oxygen atoms in total. The summed E-state index contributed by atoms with van der Waals surface area (Å²) in [5, 5.41) is 4.35. The van der Waals surface area contributed by atoms with E-state index in [-0.39, 0.29) is 11.5 Å². The third-order valence-electron chi connectivity index (χ3n) is 6.24. The Hall–Kier alpha value is -1.69. The summed E-state index contributed by atoms with van der Waals surface area (Å²) in [7, 11) is 1.69. The molecule has 136 valence electrons. The van der Waals surface area contributed by atoms with Gasteiger partial charge in [-0.3, -0.25) is 14.5 Å². The molecular formula is C19H28N4O2. The van der Waals surface area contributed by atoms with Gasteiger partial charge in [0.15, 0.2) is 0 Å². The molecule has 2 fully saturated rings. The van der Waals surface area contributed by atoms with E-state index in [1.54, 1.807) is 13.1 Å². The summed E-state index contributed by atoms with van der Waals surface area (Å²) in [5.41, 5.74) is 1.90. The van der Waals surface area contributed by atoms with Crippen LogP contribution in [0.25, 0.3) is 0 Å². The molecular weight excluding hydrogens is 316 g/mol. The molecule has 2 atom stereocenters. The molecule has 0 bridgehead atoms. The van der Waals surface area contributed by atoms with Gasteiger partial charge in [-0.25, -0.2) is 4.68 Å². The molecule has 4 rings (SSSR count). The fourth-order valence-electron chi connectivity index (χ4n) is 4.90. The molecule has 1 saturated carbocycles. The van der Waals surface area contributed by atoms with Gasteiger partial charge in [-0.15, -0.1) is 0 Å². The second-order valence-electron chi connectivity index (χ2n) is 7.88. The minimum atomic E-state index is -0.0759. The van der Waals surface area contributed by atoms with E-state index in [0.717, 1.165) is 43.1 Å². The number of carbonyl (C=O) groups excluding carboxylic acids is 1. The number of hydrogen-bond acceptors (Lipinski definition) is 4. The van der Waals surface area contributed by atoms with Gasteiger partial charge < -0.3 is 4.90 Å². The number of rotatable bonds is 2. The number of nitrogens with zero attached hydrogens (tertiary/aromatic N) is 4. The van der Waals surface area contributed by atoms with Crippen LogP contribution in [0.5, 0.6) is 0 Å². The van der Waals surface area contributed by atoms with Gasteiger partial charge in [-0.05, 0) is 37.2 Å². The molecule has 0 N–H and O–H groups in total. The minimum Gasteiger partial charge on any atom is -0.338 e. The molecule has 0 spiro atoms. The van der Waals surface area contributed by atoms with Crippen molar-refractivity contribution in [3.63, 3.8) is 0 Å². The van der Waals surface area contributed by atoms with Gasteiger partial charge >= 0.3 is 0 Å².